The summed E-state index contributed by atoms with van der Waals surface area (Å²) in [5.41, 5.74) is 0.572. The molecule has 0 fully saturated rings. The third-order valence-electron chi connectivity index (χ3n) is 2.12. The molecule has 1 atom stereocenters. The van der Waals surface area contributed by atoms with E-state index in [1.807, 2.05) is 0 Å². The van der Waals surface area contributed by atoms with Crippen molar-refractivity contribution in [3.8, 4) is 0 Å². The van der Waals surface area contributed by atoms with Crippen molar-refractivity contribution in [2.24, 2.45) is 0 Å². The van der Waals surface area contributed by atoms with Gasteiger partial charge in [0.2, 0.25) is 0 Å². The molecular weight excluding hydrogens is 272 g/mol. The molecule has 0 aliphatic carbocycles. The van der Waals surface area contributed by atoms with E-state index in [-0.39, 0.29) is 6.54 Å². The molecule has 0 saturated carbocycles. The van der Waals surface area contributed by atoms with Gasteiger partial charge < -0.3 is 14.8 Å². The van der Waals surface area contributed by atoms with Crippen molar-refractivity contribution in [2.75, 3.05) is 19.0 Å². The maximum absolute atomic E-state index is 11.5. The lowest BCUT2D eigenvalue weighted by molar-refractivity contribution is 0.115. The molecule has 1 rings (SSSR count). The Kier molecular flexibility index (Phi) is 5.95. The molecule has 1 aromatic carbocycles. The van der Waals surface area contributed by atoms with Gasteiger partial charge >= 0.3 is 12.2 Å². The fourth-order valence-electron chi connectivity index (χ4n) is 1.20. The van der Waals surface area contributed by atoms with Crippen LogP contribution in [-0.2, 0) is 9.47 Å². The number of alkyl carbamates (subject to hydrolysis) is 1. The maximum Gasteiger partial charge on any atom is 0.411 e. The zero-order chi connectivity index (χ0) is 14.3. The quantitative estimate of drug-likeness (QED) is 0.892. The van der Waals surface area contributed by atoms with Crippen LogP contribution in [-0.4, -0.2) is 31.9 Å². The summed E-state index contributed by atoms with van der Waals surface area (Å²) in [6.07, 6.45) is -1.67. The molecule has 0 saturated heterocycles. The Balaban J connectivity index is 2.34. The number of ether oxygens (including phenoxy) is 2. The number of nitrogens with one attached hydrogen (secondary N) is 2. The third kappa shape index (κ3) is 5.96. The largest absolute Gasteiger partial charge is 0.453 e. The normalized spacial score (nSPS) is 11.3. The molecule has 0 bridgehead atoms. The first-order valence-electron chi connectivity index (χ1n) is 5.56. The van der Waals surface area contributed by atoms with Crippen LogP contribution in [0.2, 0.25) is 5.02 Å². The molecule has 0 aromatic heterocycles. The fourth-order valence-corrected chi connectivity index (χ4v) is 1.33. The second kappa shape index (κ2) is 7.48. The molecule has 6 nitrogen and oxygen atoms in total. The number of hydrogen-bond acceptors (Lipinski definition) is 4. The average molecular weight is 287 g/mol. The van der Waals surface area contributed by atoms with Gasteiger partial charge in [0, 0.05) is 10.7 Å². The number of carbonyl (C=O) groups is 2. The van der Waals surface area contributed by atoms with E-state index in [1.165, 1.54) is 7.11 Å². The number of methoxy groups -OCH3 is 1. The first kappa shape index (κ1) is 15.1. The van der Waals surface area contributed by atoms with Crippen molar-refractivity contribution in [1.82, 2.24) is 5.32 Å². The van der Waals surface area contributed by atoms with Crippen molar-refractivity contribution < 1.29 is 19.1 Å². The maximum atomic E-state index is 11.5. The molecule has 0 radical (unpaired) electrons. The van der Waals surface area contributed by atoms with Crippen LogP contribution in [0, 0.1) is 0 Å². The van der Waals surface area contributed by atoms with Crippen LogP contribution in [0.25, 0.3) is 0 Å². The van der Waals surface area contributed by atoms with Crippen molar-refractivity contribution in [3.63, 3.8) is 0 Å². The highest BCUT2D eigenvalue weighted by Crippen LogP contribution is 2.13. The van der Waals surface area contributed by atoms with E-state index in [4.69, 9.17) is 16.3 Å². The first-order valence-corrected chi connectivity index (χ1v) is 5.94. The van der Waals surface area contributed by atoms with E-state index in [0.717, 1.165) is 0 Å². The van der Waals surface area contributed by atoms with E-state index in [1.54, 1.807) is 31.2 Å². The molecule has 7 heteroatoms. The highest BCUT2D eigenvalue weighted by atomic mass is 35.5. The predicted octanol–water partition coefficient (Wildman–Crippen LogP) is 2.63. The minimum Gasteiger partial charge on any atom is -0.453 e. The van der Waals surface area contributed by atoms with Crippen molar-refractivity contribution >= 4 is 29.5 Å². The second-order valence-electron chi connectivity index (χ2n) is 3.72. The summed E-state index contributed by atoms with van der Waals surface area (Å²) in [6.45, 7) is 1.82. The summed E-state index contributed by atoms with van der Waals surface area (Å²) in [6, 6.07) is 6.61. The Labute approximate surface area is 116 Å². The second-order valence-corrected chi connectivity index (χ2v) is 4.16. The van der Waals surface area contributed by atoms with E-state index < -0.39 is 18.3 Å². The van der Waals surface area contributed by atoms with Crippen molar-refractivity contribution in [3.05, 3.63) is 29.3 Å². The van der Waals surface area contributed by atoms with Gasteiger partial charge in [-0.05, 0) is 31.2 Å². The van der Waals surface area contributed by atoms with Gasteiger partial charge in [0.15, 0.2) is 0 Å². The van der Waals surface area contributed by atoms with Crippen LogP contribution in [0.3, 0.4) is 0 Å². The zero-order valence-electron chi connectivity index (χ0n) is 10.6. The molecule has 0 heterocycles. The van der Waals surface area contributed by atoms with Gasteiger partial charge in [0.05, 0.1) is 13.7 Å². The molecule has 0 spiro atoms. The molecule has 19 heavy (non-hydrogen) atoms. The van der Waals surface area contributed by atoms with E-state index >= 15 is 0 Å². The van der Waals surface area contributed by atoms with Crippen LogP contribution < -0.4 is 10.6 Å². The van der Waals surface area contributed by atoms with Gasteiger partial charge in [-0.2, -0.15) is 0 Å². The molecule has 2 N–H and O–H groups in total. The summed E-state index contributed by atoms with van der Waals surface area (Å²) in [5, 5.41) is 5.54. The molecule has 0 aliphatic rings. The molecular formula is C12H15ClN2O4. The van der Waals surface area contributed by atoms with Crippen LogP contribution >= 0.6 is 11.6 Å². The van der Waals surface area contributed by atoms with Crippen molar-refractivity contribution in [1.29, 1.82) is 0 Å². The summed E-state index contributed by atoms with van der Waals surface area (Å²) in [7, 11) is 1.26. The number of hydrogen-bond donors (Lipinski definition) is 2. The first-order chi connectivity index (χ1) is 9.01. The van der Waals surface area contributed by atoms with Gasteiger partial charge in [-0.1, -0.05) is 11.6 Å². The Bertz CT molecular complexity index is 436. The zero-order valence-corrected chi connectivity index (χ0v) is 11.4. The summed E-state index contributed by atoms with van der Waals surface area (Å²) >= 11 is 5.72. The van der Waals surface area contributed by atoms with Gasteiger partial charge in [0.1, 0.15) is 6.10 Å². The Hall–Kier alpha value is -1.95. The Morgan fingerprint density at radius 3 is 2.47 bits per heavy atom. The predicted molar refractivity (Wildman–Crippen MR) is 71.4 cm³/mol. The Morgan fingerprint density at radius 1 is 1.26 bits per heavy atom. The number of anilines is 1. The van der Waals surface area contributed by atoms with Gasteiger partial charge in [-0.15, -0.1) is 0 Å². The van der Waals surface area contributed by atoms with E-state index in [0.29, 0.717) is 10.7 Å². The van der Waals surface area contributed by atoms with E-state index in [2.05, 4.69) is 15.4 Å². The molecule has 0 unspecified atom stereocenters. The lowest BCUT2D eigenvalue weighted by atomic mass is 10.3. The lowest BCUT2D eigenvalue weighted by Gasteiger charge is -2.14. The smallest absolute Gasteiger partial charge is 0.411 e. The SMILES string of the molecule is COC(=O)NC[C@@H](C)OC(=O)Nc1ccc(Cl)cc1. The highest BCUT2D eigenvalue weighted by molar-refractivity contribution is 6.30. The van der Waals surface area contributed by atoms with Crippen LogP contribution in [0.5, 0.6) is 0 Å². The number of amides is 2. The fraction of sp³-hybridized carbons (Fsp3) is 0.333. The number of benzene rings is 1. The number of rotatable bonds is 4. The lowest BCUT2D eigenvalue weighted by Crippen LogP contribution is -2.34. The number of carbonyl (C=O) groups excluding carboxylic acids is 2. The van der Waals surface area contributed by atoms with Crippen LogP contribution in [0.4, 0.5) is 15.3 Å². The van der Waals surface area contributed by atoms with Crippen LogP contribution in [0.1, 0.15) is 6.92 Å². The topological polar surface area (TPSA) is 76.7 Å². The molecule has 1 aromatic rings. The van der Waals surface area contributed by atoms with E-state index in [9.17, 15) is 9.59 Å². The van der Waals surface area contributed by atoms with Gasteiger partial charge in [-0.25, -0.2) is 9.59 Å². The monoisotopic (exact) mass is 286 g/mol. The molecule has 2 amide bonds. The number of halogens is 1. The van der Waals surface area contributed by atoms with Gasteiger partial charge in [0.25, 0.3) is 0 Å². The van der Waals surface area contributed by atoms with Crippen LogP contribution in [0.15, 0.2) is 24.3 Å². The summed E-state index contributed by atoms with van der Waals surface area (Å²) in [4.78, 5) is 22.3. The third-order valence-corrected chi connectivity index (χ3v) is 2.37. The minimum absolute atomic E-state index is 0.167. The molecule has 0 aliphatic heterocycles. The van der Waals surface area contributed by atoms with Gasteiger partial charge in [-0.3, -0.25) is 5.32 Å². The summed E-state index contributed by atoms with van der Waals surface area (Å²) < 4.78 is 9.42. The Morgan fingerprint density at radius 2 is 1.89 bits per heavy atom. The van der Waals surface area contributed by atoms with Crippen molar-refractivity contribution in [2.45, 2.75) is 13.0 Å². The summed E-state index contributed by atoms with van der Waals surface area (Å²) in [5.74, 6) is 0. The molecule has 104 valence electrons. The standard InChI is InChI=1S/C12H15ClN2O4/c1-8(7-14-11(16)18-2)19-12(17)15-10-5-3-9(13)4-6-10/h3-6,8H,7H2,1-2H3,(H,14,16)(H,15,17)/t8-/m1/s1. The minimum atomic E-state index is -0.610. The highest BCUT2D eigenvalue weighted by Gasteiger charge is 2.10. The average Bonchev–Trinajstić information content (AvgIpc) is 2.38.